The van der Waals surface area contributed by atoms with E-state index in [1.807, 2.05) is 43.3 Å². The number of carbonyl (C=O) groups is 2. The maximum atomic E-state index is 12.5. The van der Waals surface area contributed by atoms with Gasteiger partial charge in [0.05, 0.1) is 0 Å². The van der Waals surface area contributed by atoms with Crippen molar-refractivity contribution >= 4 is 23.6 Å². The van der Waals surface area contributed by atoms with Gasteiger partial charge in [0.25, 0.3) is 0 Å². The standard InChI is InChI=1S/C18H25N3O2/c1-18(2)17(23)20(5)12-13-21(18)16(22)11-8-14-6-9-15(10-7-14)19(3)4/h6-11H,12-13H2,1-5H3/b11-8+. The summed E-state index contributed by atoms with van der Waals surface area (Å²) in [4.78, 5) is 30.1. The fourth-order valence-electron chi connectivity index (χ4n) is 2.74. The highest BCUT2D eigenvalue weighted by molar-refractivity contribution is 5.97. The van der Waals surface area contributed by atoms with Gasteiger partial charge in [-0.2, -0.15) is 0 Å². The zero-order chi connectivity index (χ0) is 17.2. The molecule has 0 aliphatic carbocycles. The first kappa shape index (κ1) is 17.1. The maximum absolute atomic E-state index is 12.5. The third-order valence-electron chi connectivity index (χ3n) is 4.30. The van der Waals surface area contributed by atoms with Crippen LogP contribution >= 0.6 is 0 Å². The second kappa shape index (κ2) is 6.44. The molecule has 0 aromatic heterocycles. The Morgan fingerprint density at radius 2 is 1.78 bits per heavy atom. The first-order valence-corrected chi connectivity index (χ1v) is 7.76. The number of rotatable bonds is 3. The van der Waals surface area contributed by atoms with Crippen LogP contribution in [-0.4, -0.2) is 61.4 Å². The normalized spacial score (nSPS) is 17.7. The Balaban J connectivity index is 2.10. The van der Waals surface area contributed by atoms with Crippen LogP contribution in [-0.2, 0) is 9.59 Å². The molecule has 1 aromatic rings. The van der Waals surface area contributed by atoms with Crippen LogP contribution in [0.25, 0.3) is 6.08 Å². The van der Waals surface area contributed by atoms with Crippen molar-refractivity contribution in [2.75, 3.05) is 39.1 Å². The number of hydrogen-bond donors (Lipinski definition) is 0. The summed E-state index contributed by atoms with van der Waals surface area (Å²) >= 11 is 0. The molecular formula is C18H25N3O2. The molecule has 1 saturated heterocycles. The van der Waals surface area contributed by atoms with Gasteiger partial charge in [0, 0.05) is 46.0 Å². The van der Waals surface area contributed by atoms with Crippen LogP contribution in [0.15, 0.2) is 30.3 Å². The SMILES string of the molecule is CN1CCN(C(=O)/C=C/c2ccc(N(C)C)cc2)C(C)(C)C1=O. The number of nitrogens with zero attached hydrogens (tertiary/aromatic N) is 3. The van der Waals surface area contributed by atoms with Crippen molar-refractivity contribution in [3.8, 4) is 0 Å². The summed E-state index contributed by atoms with van der Waals surface area (Å²) < 4.78 is 0. The van der Waals surface area contributed by atoms with Crippen molar-refractivity contribution in [3.05, 3.63) is 35.9 Å². The smallest absolute Gasteiger partial charge is 0.247 e. The van der Waals surface area contributed by atoms with E-state index >= 15 is 0 Å². The Kier molecular flexibility index (Phi) is 4.78. The predicted octanol–water partition coefficient (Wildman–Crippen LogP) is 1.84. The molecule has 1 aliphatic heterocycles. The fourth-order valence-corrected chi connectivity index (χ4v) is 2.74. The van der Waals surface area contributed by atoms with Crippen molar-refractivity contribution < 1.29 is 9.59 Å². The fraction of sp³-hybridized carbons (Fsp3) is 0.444. The summed E-state index contributed by atoms with van der Waals surface area (Å²) in [6, 6.07) is 7.96. The number of anilines is 1. The average molecular weight is 315 g/mol. The van der Waals surface area contributed by atoms with E-state index in [9.17, 15) is 9.59 Å². The monoisotopic (exact) mass is 315 g/mol. The molecule has 0 saturated carbocycles. The molecular weight excluding hydrogens is 290 g/mol. The molecule has 1 heterocycles. The van der Waals surface area contributed by atoms with Gasteiger partial charge in [-0.15, -0.1) is 0 Å². The van der Waals surface area contributed by atoms with E-state index in [1.165, 1.54) is 0 Å². The molecule has 2 rings (SSSR count). The van der Waals surface area contributed by atoms with Crippen LogP contribution in [0.5, 0.6) is 0 Å². The molecule has 0 spiro atoms. The van der Waals surface area contributed by atoms with Crippen LogP contribution in [0, 0.1) is 0 Å². The highest BCUT2D eigenvalue weighted by Gasteiger charge is 2.42. The van der Waals surface area contributed by atoms with Crippen LogP contribution in [0.4, 0.5) is 5.69 Å². The van der Waals surface area contributed by atoms with E-state index in [0.29, 0.717) is 13.1 Å². The van der Waals surface area contributed by atoms with Crippen LogP contribution in [0.2, 0.25) is 0 Å². The lowest BCUT2D eigenvalue weighted by Crippen LogP contribution is -2.63. The molecule has 23 heavy (non-hydrogen) atoms. The van der Waals surface area contributed by atoms with E-state index in [0.717, 1.165) is 11.3 Å². The van der Waals surface area contributed by atoms with Gasteiger partial charge >= 0.3 is 0 Å². The topological polar surface area (TPSA) is 43.9 Å². The molecule has 5 nitrogen and oxygen atoms in total. The number of benzene rings is 1. The Hall–Kier alpha value is -2.30. The second-order valence-corrected chi connectivity index (χ2v) is 6.59. The molecule has 124 valence electrons. The zero-order valence-electron chi connectivity index (χ0n) is 14.5. The summed E-state index contributed by atoms with van der Waals surface area (Å²) in [6.07, 6.45) is 3.34. The van der Waals surface area contributed by atoms with Crippen molar-refractivity contribution in [1.29, 1.82) is 0 Å². The lowest BCUT2D eigenvalue weighted by Gasteiger charge is -2.44. The Labute approximate surface area is 138 Å². The minimum atomic E-state index is -0.802. The third kappa shape index (κ3) is 3.55. The van der Waals surface area contributed by atoms with Gasteiger partial charge < -0.3 is 14.7 Å². The molecule has 0 N–H and O–H groups in total. The summed E-state index contributed by atoms with van der Waals surface area (Å²) in [6.45, 7) is 4.71. The zero-order valence-corrected chi connectivity index (χ0v) is 14.5. The summed E-state index contributed by atoms with van der Waals surface area (Å²) in [7, 11) is 5.75. The molecule has 1 aliphatic rings. The number of hydrogen-bond acceptors (Lipinski definition) is 3. The number of amides is 2. The van der Waals surface area contributed by atoms with Crippen molar-refractivity contribution in [2.24, 2.45) is 0 Å². The van der Waals surface area contributed by atoms with E-state index < -0.39 is 5.54 Å². The number of piperazine rings is 1. The van der Waals surface area contributed by atoms with Gasteiger partial charge in [-0.1, -0.05) is 12.1 Å². The first-order chi connectivity index (χ1) is 10.7. The van der Waals surface area contributed by atoms with E-state index in [1.54, 1.807) is 42.8 Å². The molecule has 0 atom stereocenters. The van der Waals surface area contributed by atoms with Gasteiger partial charge in [0.15, 0.2) is 0 Å². The van der Waals surface area contributed by atoms with Crippen LogP contribution < -0.4 is 4.90 Å². The quantitative estimate of drug-likeness (QED) is 0.800. The van der Waals surface area contributed by atoms with E-state index in [2.05, 4.69) is 0 Å². The molecule has 2 amide bonds. The summed E-state index contributed by atoms with van der Waals surface area (Å²) in [5, 5.41) is 0. The van der Waals surface area contributed by atoms with Crippen molar-refractivity contribution in [1.82, 2.24) is 9.80 Å². The van der Waals surface area contributed by atoms with Gasteiger partial charge in [-0.25, -0.2) is 0 Å². The third-order valence-corrected chi connectivity index (χ3v) is 4.30. The second-order valence-electron chi connectivity index (χ2n) is 6.59. The molecule has 1 aromatic carbocycles. The largest absolute Gasteiger partial charge is 0.378 e. The molecule has 0 radical (unpaired) electrons. The average Bonchev–Trinajstić information content (AvgIpc) is 2.51. The predicted molar refractivity (Wildman–Crippen MR) is 93.2 cm³/mol. The number of likely N-dealkylation sites (N-methyl/N-ethyl adjacent to an activating group) is 1. The minimum absolute atomic E-state index is 0.0270. The lowest BCUT2D eigenvalue weighted by atomic mass is 9.97. The van der Waals surface area contributed by atoms with Crippen LogP contribution in [0.1, 0.15) is 19.4 Å². The first-order valence-electron chi connectivity index (χ1n) is 7.76. The lowest BCUT2D eigenvalue weighted by molar-refractivity contribution is -0.154. The van der Waals surface area contributed by atoms with E-state index in [-0.39, 0.29) is 11.8 Å². The number of carbonyl (C=O) groups excluding carboxylic acids is 2. The van der Waals surface area contributed by atoms with Gasteiger partial charge in [-0.05, 0) is 37.6 Å². The summed E-state index contributed by atoms with van der Waals surface area (Å²) in [5.74, 6) is -0.158. The molecule has 5 heteroatoms. The van der Waals surface area contributed by atoms with Gasteiger partial charge in [0.1, 0.15) is 5.54 Å². The maximum Gasteiger partial charge on any atom is 0.247 e. The molecule has 1 fully saturated rings. The highest BCUT2D eigenvalue weighted by atomic mass is 16.2. The summed E-state index contributed by atoms with van der Waals surface area (Å²) in [5.41, 5.74) is 1.27. The van der Waals surface area contributed by atoms with E-state index in [4.69, 9.17) is 0 Å². The molecule has 0 unspecified atom stereocenters. The minimum Gasteiger partial charge on any atom is -0.378 e. The van der Waals surface area contributed by atoms with Crippen molar-refractivity contribution in [3.63, 3.8) is 0 Å². The van der Waals surface area contributed by atoms with Crippen molar-refractivity contribution in [2.45, 2.75) is 19.4 Å². The Bertz CT molecular complexity index is 618. The van der Waals surface area contributed by atoms with Gasteiger partial charge in [0.2, 0.25) is 11.8 Å². The Morgan fingerprint density at radius 3 is 2.35 bits per heavy atom. The highest BCUT2D eigenvalue weighted by Crippen LogP contribution is 2.22. The Morgan fingerprint density at radius 1 is 1.17 bits per heavy atom. The van der Waals surface area contributed by atoms with Crippen LogP contribution in [0.3, 0.4) is 0 Å². The molecule has 0 bridgehead atoms. The van der Waals surface area contributed by atoms with Gasteiger partial charge in [-0.3, -0.25) is 9.59 Å².